The highest BCUT2D eigenvalue weighted by atomic mass is 19.1. The summed E-state index contributed by atoms with van der Waals surface area (Å²) in [4.78, 5) is 18.5. The van der Waals surface area contributed by atoms with Gasteiger partial charge in [0.05, 0.1) is 23.9 Å². The van der Waals surface area contributed by atoms with Crippen LogP contribution in [0, 0.1) is 5.82 Å². The van der Waals surface area contributed by atoms with Crippen LogP contribution in [0.4, 0.5) is 9.18 Å². The third-order valence-electron chi connectivity index (χ3n) is 2.89. The Hall–Kier alpha value is -2.44. The number of pyridine rings is 1. The SMILES string of the molecule is NC(=O)Oc1cc(-n2cnc(C3CC3)c2)c(F)cn1. The molecule has 2 aromatic rings. The number of halogens is 1. The number of carbonyl (C=O) groups excluding carboxylic acids is 1. The molecule has 1 amide bonds. The third-order valence-corrected chi connectivity index (χ3v) is 2.89. The molecule has 0 aliphatic heterocycles. The van der Waals surface area contributed by atoms with E-state index >= 15 is 0 Å². The highest BCUT2D eigenvalue weighted by molar-refractivity contribution is 5.67. The van der Waals surface area contributed by atoms with Crippen LogP contribution in [0.1, 0.15) is 24.5 Å². The lowest BCUT2D eigenvalue weighted by atomic mass is 10.3. The summed E-state index contributed by atoms with van der Waals surface area (Å²) in [5.74, 6) is -0.102. The van der Waals surface area contributed by atoms with Crippen LogP contribution in [0.2, 0.25) is 0 Å². The number of amides is 1. The Morgan fingerprint density at radius 2 is 2.26 bits per heavy atom. The normalized spacial score (nSPS) is 14.4. The summed E-state index contributed by atoms with van der Waals surface area (Å²) in [7, 11) is 0. The van der Waals surface area contributed by atoms with Crippen molar-refractivity contribution in [3.05, 3.63) is 36.3 Å². The Morgan fingerprint density at radius 1 is 1.47 bits per heavy atom. The third kappa shape index (κ3) is 2.40. The second-order valence-electron chi connectivity index (χ2n) is 4.38. The standard InChI is InChI=1S/C12H11FN4O2/c13-8-4-15-11(19-12(14)18)3-10(8)17-5-9(16-6-17)7-1-2-7/h3-7H,1-2H2,(H2,14,18). The first-order valence-electron chi connectivity index (χ1n) is 5.80. The molecule has 0 bridgehead atoms. The molecule has 0 unspecified atom stereocenters. The molecule has 2 aromatic heterocycles. The lowest BCUT2D eigenvalue weighted by molar-refractivity contribution is 0.209. The second-order valence-corrected chi connectivity index (χ2v) is 4.38. The minimum atomic E-state index is -0.991. The van der Waals surface area contributed by atoms with Gasteiger partial charge in [0.15, 0.2) is 5.82 Å². The Morgan fingerprint density at radius 3 is 2.95 bits per heavy atom. The monoisotopic (exact) mass is 262 g/mol. The van der Waals surface area contributed by atoms with Gasteiger partial charge in [0, 0.05) is 18.2 Å². The summed E-state index contributed by atoms with van der Waals surface area (Å²) in [5.41, 5.74) is 6.04. The molecule has 0 radical (unpaired) electrons. The van der Waals surface area contributed by atoms with Crippen LogP contribution in [0.25, 0.3) is 5.69 Å². The zero-order valence-corrected chi connectivity index (χ0v) is 9.91. The van der Waals surface area contributed by atoms with Gasteiger partial charge >= 0.3 is 6.09 Å². The van der Waals surface area contributed by atoms with E-state index in [0.29, 0.717) is 5.92 Å². The van der Waals surface area contributed by atoms with Crippen LogP contribution in [-0.2, 0) is 0 Å². The number of carbonyl (C=O) groups is 1. The van der Waals surface area contributed by atoms with Gasteiger partial charge in [-0.3, -0.25) is 0 Å². The average molecular weight is 262 g/mol. The first kappa shape index (κ1) is 11.6. The summed E-state index contributed by atoms with van der Waals surface area (Å²) < 4.78 is 19.9. The maximum Gasteiger partial charge on any atom is 0.411 e. The van der Waals surface area contributed by atoms with Gasteiger partial charge in [0.25, 0.3) is 0 Å². The number of nitrogens with zero attached hydrogens (tertiary/aromatic N) is 3. The summed E-state index contributed by atoms with van der Waals surface area (Å²) in [5, 5.41) is 0. The first-order valence-corrected chi connectivity index (χ1v) is 5.80. The topological polar surface area (TPSA) is 83.0 Å². The van der Waals surface area contributed by atoms with Gasteiger partial charge in [-0.05, 0) is 12.8 Å². The Bertz CT molecular complexity index is 636. The first-order chi connectivity index (χ1) is 9.13. The van der Waals surface area contributed by atoms with E-state index in [0.717, 1.165) is 24.7 Å². The van der Waals surface area contributed by atoms with Crippen molar-refractivity contribution in [2.75, 3.05) is 0 Å². The number of rotatable bonds is 3. The maximum atomic E-state index is 13.7. The van der Waals surface area contributed by atoms with Gasteiger partial charge in [-0.2, -0.15) is 0 Å². The molecule has 0 aromatic carbocycles. The summed E-state index contributed by atoms with van der Waals surface area (Å²) in [6.07, 6.45) is 5.52. The minimum absolute atomic E-state index is 0.0504. The van der Waals surface area contributed by atoms with E-state index in [9.17, 15) is 9.18 Å². The number of primary amides is 1. The Balaban J connectivity index is 1.94. The smallest absolute Gasteiger partial charge is 0.391 e. The fraction of sp³-hybridized carbons (Fsp3) is 0.250. The molecule has 1 aliphatic rings. The van der Waals surface area contributed by atoms with Gasteiger partial charge in [-0.1, -0.05) is 0 Å². The zero-order chi connectivity index (χ0) is 13.4. The zero-order valence-electron chi connectivity index (χ0n) is 9.91. The molecule has 98 valence electrons. The molecule has 1 saturated carbocycles. The largest absolute Gasteiger partial charge is 0.411 e. The molecule has 0 spiro atoms. The molecule has 6 nitrogen and oxygen atoms in total. The highest BCUT2D eigenvalue weighted by Crippen LogP contribution is 2.39. The molecule has 7 heteroatoms. The van der Waals surface area contributed by atoms with E-state index < -0.39 is 11.9 Å². The van der Waals surface area contributed by atoms with Crippen molar-refractivity contribution in [3.8, 4) is 11.6 Å². The van der Waals surface area contributed by atoms with Crippen molar-refractivity contribution < 1.29 is 13.9 Å². The summed E-state index contributed by atoms with van der Waals surface area (Å²) >= 11 is 0. The number of ether oxygens (including phenoxy) is 1. The highest BCUT2D eigenvalue weighted by Gasteiger charge is 2.26. The summed E-state index contributed by atoms with van der Waals surface area (Å²) in [6.45, 7) is 0. The van der Waals surface area contributed by atoms with Gasteiger partial charge in [0.1, 0.15) is 0 Å². The van der Waals surface area contributed by atoms with Crippen molar-refractivity contribution in [3.63, 3.8) is 0 Å². The van der Waals surface area contributed by atoms with Crippen molar-refractivity contribution in [1.29, 1.82) is 0 Å². The number of hydrogen-bond donors (Lipinski definition) is 1. The number of nitrogens with two attached hydrogens (primary N) is 1. The van der Waals surface area contributed by atoms with E-state index in [2.05, 4.69) is 14.7 Å². The van der Waals surface area contributed by atoms with E-state index in [-0.39, 0.29) is 11.6 Å². The van der Waals surface area contributed by atoms with E-state index in [1.807, 2.05) is 0 Å². The van der Waals surface area contributed by atoms with Crippen LogP contribution in [0.5, 0.6) is 5.88 Å². The van der Waals surface area contributed by atoms with Gasteiger partial charge in [-0.15, -0.1) is 0 Å². The predicted molar refractivity (Wildman–Crippen MR) is 63.5 cm³/mol. The van der Waals surface area contributed by atoms with E-state index in [1.54, 1.807) is 10.8 Å². The Labute approximate surface area is 108 Å². The number of hydrogen-bond acceptors (Lipinski definition) is 4. The molecule has 0 atom stereocenters. The van der Waals surface area contributed by atoms with Crippen LogP contribution >= 0.6 is 0 Å². The molecule has 19 heavy (non-hydrogen) atoms. The molecule has 1 fully saturated rings. The van der Waals surface area contributed by atoms with Gasteiger partial charge in [0.2, 0.25) is 5.88 Å². The van der Waals surface area contributed by atoms with Crippen LogP contribution in [0.3, 0.4) is 0 Å². The van der Waals surface area contributed by atoms with E-state index in [1.165, 1.54) is 12.4 Å². The van der Waals surface area contributed by atoms with Crippen LogP contribution in [-0.4, -0.2) is 20.6 Å². The average Bonchev–Trinajstić information content (AvgIpc) is 3.10. The molecular weight excluding hydrogens is 251 g/mol. The maximum absolute atomic E-state index is 13.7. The molecule has 1 aliphatic carbocycles. The van der Waals surface area contributed by atoms with Gasteiger partial charge < -0.3 is 15.0 Å². The van der Waals surface area contributed by atoms with Crippen molar-refractivity contribution in [2.45, 2.75) is 18.8 Å². The van der Waals surface area contributed by atoms with Crippen molar-refractivity contribution >= 4 is 6.09 Å². The van der Waals surface area contributed by atoms with Gasteiger partial charge in [-0.25, -0.2) is 19.2 Å². The Kier molecular flexibility index (Phi) is 2.66. The molecular formula is C12H11FN4O2. The molecule has 0 saturated heterocycles. The fourth-order valence-corrected chi connectivity index (χ4v) is 1.83. The molecule has 2 N–H and O–H groups in total. The number of imidazole rings is 1. The van der Waals surface area contributed by atoms with Crippen LogP contribution < -0.4 is 10.5 Å². The lowest BCUT2D eigenvalue weighted by Gasteiger charge is -2.05. The van der Waals surface area contributed by atoms with E-state index in [4.69, 9.17) is 5.73 Å². The molecule has 2 heterocycles. The second kappa shape index (κ2) is 4.34. The lowest BCUT2D eigenvalue weighted by Crippen LogP contribution is -2.17. The van der Waals surface area contributed by atoms with Crippen molar-refractivity contribution in [2.24, 2.45) is 5.73 Å². The number of aromatic nitrogens is 3. The predicted octanol–water partition coefficient (Wildman–Crippen LogP) is 1.74. The molecule has 3 rings (SSSR count). The minimum Gasteiger partial charge on any atom is -0.391 e. The van der Waals surface area contributed by atoms with Crippen LogP contribution in [0.15, 0.2) is 24.8 Å². The summed E-state index contributed by atoms with van der Waals surface area (Å²) in [6, 6.07) is 1.30. The van der Waals surface area contributed by atoms with Crippen molar-refractivity contribution in [1.82, 2.24) is 14.5 Å². The fourth-order valence-electron chi connectivity index (χ4n) is 1.83. The quantitative estimate of drug-likeness (QED) is 0.913.